The molecule has 0 radical (unpaired) electrons. The van der Waals surface area contributed by atoms with E-state index in [0.717, 1.165) is 4.90 Å². The Kier molecular flexibility index (Phi) is 3.68. The van der Waals surface area contributed by atoms with Crippen molar-refractivity contribution in [2.24, 2.45) is 0 Å². The van der Waals surface area contributed by atoms with Gasteiger partial charge in [0, 0.05) is 11.6 Å². The molecule has 1 aromatic heterocycles. The Balaban J connectivity index is 1.87. The second-order valence-corrected chi connectivity index (χ2v) is 6.15. The number of hydrogen-bond donors (Lipinski definition) is 1. The van der Waals surface area contributed by atoms with Crippen LogP contribution in [0.3, 0.4) is 0 Å². The van der Waals surface area contributed by atoms with E-state index in [2.05, 4.69) is 4.98 Å². The van der Waals surface area contributed by atoms with Crippen molar-refractivity contribution < 1.29 is 19.1 Å². The molecule has 1 N–H and O–H groups in total. The number of phenolic OH excluding ortho intramolecular Hbond substituents is 1. The molecule has 0 saturated carbocycles. The van der Waals surface area contributed by atoms with E-state index in [0.29, 0.717) is 28.5 Å². The predicted octanol–water partition coefficient (Wildman–Crippen LogP) is 3.44. The van der Waals surface area contributed by atoms with Crippen LogP contribution in [0.2, 0.25) is 0 Å². The highest BCUT2D eigenvalue weighted by Gasteiger charge is 2.41. The number of phenols is 1. The lowest BCUT2D eigenvalue weighted by atomic mass is 9.95. The highest BCUT2D eigenvalue weighted by molar-refractivity contribution is 6.25. The largest absolute Gasteiger partial charge is 0.505 e. The molecule has 1 aliphatic rings. The number of carbonyl (C=O) groups is 2. The number of hydrogen-bond acceptors (Lipinski definition) is 4. The van der Waals surface area contributed by atoms with Gasteiger partial charge in [-0.25, -0.2) is 4.39 Å². The minimum Gasteiger partial charge on any atom is -0.505 e. The van der Waals surface area contributed by atoms with Crippen LogP contribution in [0, 0.1) is 5.82 Å². The summed E-state index contributed by atoms with van der Waals surface area (Å²) in [4.78, 5) is 31.1. The second-order valence-electron chi connectivity index (χ2n) is 6.15. The van der Waals surface area contributed by atoms with Gasteiger partial charge in [-0.15, -0.1) is 0 Å². The van der Waals surface area contributed by atoms with Crippen LogP contribution in [-0.2, 0) is 13.0 Å². The molecule has 0 fully saturated rings. The fraction of sp³-hybridized carbons (Fsp3) is 0.150. The van der Waals surface area contributed by atoms with E-state index in [1.807, 2.05) is 6.92 Å². The number of pyridine rings is 1. The van der Waals surface area contributed by atoms with Gasteiger partial charge in [-0.05, 0) is 35.7 Å². The molecule has 6 heteroatoms. The zero-order valence-corrected chi connectivity index (χ0v) is 14.0. The molecule has 2 heterocycles. The summed E-state index contributed by atoms with van der Waals surface area (Å²) in [5.74, 6) is -1.67. The summed E-state index contributed by atoms with van der Waals surface area (Å²) >= 11 is 0. The van der Waals surface area contributed by atoms with Gasteiger partial charge in [0.05, 0.1) is 17.7 Å². The van der Waals surface area contributed by atoms with E-state index in [9.17, 15) is 19.1 Å². The molecule has 0 unspecified atom stereocenters. The third-order valence-corrected chi connectivity index (χ3v) is 4.67. The number of aryl methyl sites for hydroxylation is 1. The van der Waals surface area contributed by atoms with E-state index in [1.165, 1.54) is 30.5 Å². The van der Waals surface area contributed by atoms with Gasteiger partial charge in [-0.1, -0.05) is 25.1 Å². The molecule has 3 aromatic rings. The molecule has 26 heavy (non-hydrogen) atoms. The molecule has 130 valence electrons. The average Bonchev–Trinajstić information content (AvgIpc) is 2.89. The van der Waals surface area contributed by atoms with Gasteiger partial charge >= 0.3 is 0 Å². The average molecular weight is 350 g/mol. The van der Waals surface area contributed by atoms with E-state index in [-0.39, 0.29) is 29.2 Å². The summed E-state index contributed by atoms with van der Waals surface area (Å²) in [5.41, 5.74) is 1.87. The normalized spacial score (nSPS) is 13.5. The minimum atomic E-state index is -0.561. The fourth-order valence-corrected chi connectivity index (χ4v) is 3.45. The number of aromatic nitrogens is 1. The van der Waals surface area contributed by atoms with Gasteiger partial charge in [0.1, 0.15) is 11.3 Å². The molecule has 0 atom stereocenters. The molecule has 4 rings (SSSR count). The quantitative estimate of drug-likeness (QED) is 0.735. The van der Waals surface area contributed by atoms with Crippen LogP contribution in [0.4, 0.5) is 4.39 Å². The Morgan fingerprint density at radius 2 is 1.77 bits per heavy atom. The maximum absolute atomic E-state index is 13.1. The Bertz CT molecular complexity index is 1060. The highest BCUT2D eigenvalue weighted by Crippen LogP contribution is 2.40. The third kappa shape index (κ3) is 2.26. The van der Waals surface area contributed by atoms with Crippen LogP contribution in [0.5, 0.6) is 5.75 Å². The van der Waals surface area contributed by atoms with Gasteiger partial charge in [-0.3, -0.25) is 19.5 Å². The van der Waals surface area contributed by atoms with Crippen molar-refractivity contribution in [3.8, 4) is 5.75 Å². The lowest BCUT2D eigenvalue weighted by molar-refractivity contribution is 0.0641. The summed E-state index contributed by atoms with van der Waals surface area (Å²) < 4.78 is 13.1. The monoisotopic (exact) mass is 350 g/mol. The van der Waals surface area contributed by atoms with Gasteiger partial charge in [-0.2, -0.15) is 0 Å². The number of benzene rings is 2. The van der Waals surface area contributed by atoms with Gasteiger partial charge in [0.15, 0.2) is 5.75 Å². The molecule has 0 aliphatic carbocycles. The van der Waals surface area contributed by atoms with Crippen molar-refractivity contribution in [2.45, 2.75) is 19.9 Å². The molecular weight excluding hydrogens is 335 g/mol. The third-order valence-electron chi connectivity index (χ3n) is 4.67. The van der Waals surface area contributed by atoms with E-state index in [4.69, 9.17) is 0 Å². The first-order valence-electron chi connectivity index (χ1n) is 8.26. The van der Waals surface area contributed by atoms with Crippen molar-refractivity contribution in [3.05, 3.63) is 70.7 Å². The Morgan fingerprint density at radius 3 is 2.46 bits per heavy atom. The Morgan fingerprint density at radius 1 is 1.08 bits per heavy atom. The summed E-state index contributed by atoms with van der Waals surface area (Å²) in [6.45, 7) is 1.90. The molecule has 1 aliphatic heterocycles. The molecule has 2 aromatic carbocycles. The zero-order chi connectivity index (χ0) is 18.4. The predicted molar refractivity (Wildman–Crippen MR) is 93.4 cm³/mol. The van der Waals surface area contributed by atoms with Crippen LogP contribution in [0.15, 0.2) is 42.6 Å². The Labute approximate surface area is 148 Å². The van der Waals surface area contributed by atoms with E-state index < -0.39 is 11.8 Å². The number of rotatable bonds is 3. The first kappa shape index (κ1) is 16.2. The van der Waals surface area contributed by atoms with E-state index >= 15 is 0 Å². The number of imide groups is 1. The number of amides is 2. The molecule has 2 amide bonds. The number of halogens is 1. The summed E-state index contributed by atoms with van der Waals surface area (Å²) in [6.07, 6.45) is 2.06. The maximum atomic E-state index is 13.1. The molecular formula is C20H15FN2O3. The summed E-state index contributed by atoms with van der Waals surface area (Å²) in [5, 5.41) is 11.2. The standard InChI is InChI=1S/C20H15FN2O3/c1-2-13-14-4-3-9-22-17(14)18(24)16-15(13)19(25)23(20(16)26)10-11-5-7-12(21)8-6-11/h3-9,24H,2,10H2,1H3. The van der Waals surface area contributed by atoms with Crippen LogP contribution in [0.1, 0.15) is 38.8 Å². The summed E-state index contributed by atoms with van der Waals surface area (Å²) in [6, 6.07) is 9.11. The lowest BCUT2D eigenvalue weighted by Gasteiger charge is -2.14. The fourth-order valence-electron chi connectivity index (χ4n) is 3.45. The highest BCUT2D eigenvalue weighted by atomic mass is 19.1. The van der Waals surface area contributed by atoms with Crippen molar-refractivity contribution >= 4 is 22.7 Å². The van der Waals surface area contributed by atoms with Crippen molar-refractivity contribution in [1.82, 2.24) is 9.88 Å². The smallest absolute Gasteiger partial charge is 0.265 e. The SMILES string of the molecule is CCc1c2c(c(O)c3ncccc13)C(=O)N(Cc1ccc(F)cc1)C2=O. The van der Waals surface area contributed by atoms with E-state index in [1.54, 1.807) is 12.1 Å². The number of nitrogens with zero attached hydrogens (tertiary/aromatic N) is 2. The van der Waals surface area contributed by atoms with Gasteiger partial charge in [0.2, 0.25) is 0 Å². The van der Waals surface area contributed by atoms with Gasteiger partial charge in [0.25, 0.3) is 11.8 Å². The lowest BCUT2D eigenvalue weighted by Crippen LogP contribution is -2.29. The zero-order valence-electron chi connectivity index (χ0n) is 14.0. The van der Waals surface area contributed by atoms with Crippen molar-refractivity contribution in [3.63, 3.8) is 0 Å². The number of fused-ring (bicyclic) bond motifs is 2. The maximum Gasteiger partial charge on any atom is 0.265 e. The molecule has 0 bridgehead atoms. The molecule has 0 spiro atoms. The molecule has 0 saturated heterocycles. The van der Waals surface area contributed by atoms with Crippen LogP contribution in [-0.4, -0.2) is 26.8 Å². The minimum absolute atomic E-state index is 0.000150. The molecule has 5 nitrogen and oxygen atoms in total. The second kappa shape index (κ2) is 5.91. The first-order valence-corrected chi connectivity index (χ1v) is 8.26. The van der Waals surface area contributed by atoms with Crippen LogP contribution in [0.25, 0.3) is 10.9 Å². The number of aromatic hydroxyl groups is 1. The summed E-state index contributed by atoms with van der Waals surface area (Å²) in [7, 11) is 0. The van der Waals surface area contributed by atoms with Crippen LogP contribution < -0.4 is 0 Å². The number of carbonyl (C=O) groups excluding carboxylic acids is 2. The topological polar surface area (TPSA) is 70.5 Å². The first-order chi connectivity index (χ1) is 12.5. The van der Waals surface area contributed by atoms with Crippen molar-refractivity contribution in [2.75, 3.05) is 0 Å². The van der Waals surface area contributed by atoms with Crippen LogP contribution >= 0.6 is 0 Å². The van der Waals surface area contributed by atoms with Gasteiger partial charge < -0.3 is 5.11 Å². The van der Waals surface area contributed by atoms with Crippen molar-refractivity contribution in [1.29, 1.82) is 0 Å². The Hall–Kier alpha value is -3.28.